The molecular weight excluding hydrogens is 268 g/mol. The predicted octanol–water partition coefficient (Wildman–Crippen LogP) is 3.34. The highest BCUT2D eigenvalue weighted by Gasteiger charge is 2.12. The molecule has 0 bridgehead atoms. The van der Waals surface area contributed by atoms with E-state index in [9.17, 15) is 4.79 Å². The Morgan fingerprint density at radius 2 is 2.25 bits per heavy atom. The summed E-state index contributed by atoms with van der Waals surface area (Å²) in [4.78, 5) is 14.6. The summed E-state index contributed by atoms with van der Waals surface area (Å²) in [7, 11) is 0. The molecular formula is C16H18N2OS. The summed E-state index contributed by atoms with van der Waals surface area (Å²) in [6, 6.07) is 10.1. The van der Waals surface area contributed by atoms with Crippen LogP contribution in [-0.4, -0.2) is 12.5 Å². The molecule has 4 heteroatoms. The topological polar surface area (TPSA) is 41.1 Å². The van der Waals surface area contributed by atoms with Crippen LogP contribution in [0.2, 0.25) is 0 Å². The maximum Gasteiger partial charge on any atom is 0.251 e. The van der Waals surface area contributed by atoms with Gasteiger partial charge in [0.05, 0.1) is 6.54 Å². The van der Waals surface area contributed by atoms with Crippen LogP contribution in [0.15, 0.2) is 30.3 Å². The molecule has 0 saturated heterocycles. The highest BCUT2D eigenvalue weighted by atomic mass is 32.1. The molecule has 1 aromatic heterocycles. The lowest BCUT2D eigenvalue weighted by Gasteiger charge is -2.18. The Morgan fingerprint density at radius 1 is 1.35 bits per heavy atom. The quantitative estimate of drug-likeness (QED) is 0.908. The molecule has 1 aliphatic rings. The summed E-state index contributed by atoms with van der Waals surface area (Å²) >= 11 is 1.72. The Hall–Kier alpha value is -1.81. The van der Waals surface area contributed by atoms with Crippen LogP contribution in [-0.2, 0) is 13.0 Å². The van der Waals surface area contributed by atoms with Gasteiger partial charge in [-0.15, -0.1) is 11.3 Å². The summed E-state index contributed by atoms with van der Waals surface area (Å²) in [5, 5.41) is 6.35. The van der Waals surface area contributed by atoms with Crippen LogP contribution in [0.4, 0.5) is 5.69 Å². The van der Waals surface area contributed by atoms with E-state index in [1.54, 1.807) is 11.3 Å². The van der Waals surface area contributed by atoms with Crippen molar-refractivity contribution in [2.24, 2.45) is 0 Å². The van der Waals surface area contributed by atoms with E-state index in [0.29, 0.717) is 6.54 Å². The summed E-state index contributed by atoms with van der Waals surface area (Å²) in [5.41, 5.74) is 3.17. The van der Waals surface area contributed by atoms with Crippen LogP contribution < -0.4 is 10.6 Å². The normalized spacial score (nSPS) is 13.4. The SMILES string of the molecule is Cc1ccc(CNC(=O)c2ccc3c(c2)CCCN3)s1. The van der Waals surface area contributed by atoms with Gasteiger partial charge < -0.3 is 10.6 Å². The van der Waals surface area contributed by atoms with E-state index in [1.807, 2.05) is 18.2 Å². The largest absolute Gasteiger partial charge is 0.385 e. The van der Waals surface area contributed by atoms with Crippen LogP contribution in [0.3, 0.4) is 0 Å². The zero-order chi connectivity index (χ0) is 13.9. The Bertz CT molecular complexity index is 633. The number of benzene rings is 1. The van der Waals surface area contributed by atoms with Gasteiger partial charge >= 0.3 is 0 Å². The molecule has 1 aliphatic heterocycles. The number of amides is 1. The van der Waals surface area contributed by atoms with Gasteiger partial charge in [0.2, 0.25) is 0 Å². The van der Waals surface area contributed by atoms with Gasteiger partial charge in [0.15, 0.2) is 0 Å². The molecule has 0 fully saturated rings. The van der Waals surface area contributed by atoms with Crippen molar-refractivity contribution in [1.82, 2.24) is 5.32 Å². The first-order chi connectivity index (χ1) is 9.72. The minimum atomic E-state index is 0.00410. The summed E-state index contributed by atoms with van der Waals surface area (Å²) < 4.78 is 0. The molecule has 0 aliphatic carbocycles. The second-order valence-electron chi connectivity index (χ2n) is 5.10. The van der Waals surface area contributed by atoms with Crippen molar-refractivity contribution in [3.05, 3.63) is 51.2 Å². The van der Waals surface area contributed by atoms with Gasteiger partial charge in [-0.05, 0) is 55.7 Å². The first kappa shape index (κ1) is 13.2. The van der Waals surface area contributed by atoms with Crippen molar-refractivity contribution in [1.29, 1.82) is 0 Å². The smallest absolute Gasteiger partial charge is 0.251 e. The molecule has 2 N–H and O–H groups in total. The second kappa shape index (κ2) is 5.67. The Labute approximate surface area is 123 Å². The number of nitrogens with one attached hydrogen (secondary N) is 2. The highest BCUT2D eigenvalue weighted by Crippen LogP contribution is 2.23. The molecule has 2 heterocycles. The van der Waals surface area contributed by atoms with Crippen LogP contribution in [0, 0.1) is 6.92 Å². The molecule has 2 aromatic rings. The summed E-state index contributed by atoms with van der Waals surface area (Å²) in [6.45, 7) is 3.70. The second-order valence-corrected chi connectivity index (χ2v) is 6.47. The molecule has 3 nitrogen and oxygen atoms in total. The Balaban J connectivity index is 1.67. The number of aryl methyl sites for hydroxylation is 2. The Kier molecular flexibility index (Phi) is 3.74. The van der Waals surface area contributed by atoms with Crippen molar-refractivity contribution in [2.75, 3.05) is 11.9 Å². The molecule has 104 valence electrons. The first-order valence-electron chi connectivity index (χ1n) is 6.93. The van der Waals surface area contributed by atoms with Gasteiger partial charge in [-0.25, -0.2) is 0 Å². The number of thiophene rings is 1. The number of carbonyl (C=O) groups excluding carboxylic acids is 1. The molecule has 0 spiro atoms. The van der Waals surface area contributed by atoms with E-state index in [0.717, 1.165) is 24.9 Å². The van der Waals surface area contributed by atoms with Gasteiger partial charge in [-0.1, -0.05) is 0 Å². The average molecular weight is 286 g/mol. The fourth-order valence-corrected chi connectivity index (χ4v) is 3.30. The third-order valence-corrected chi connectivity index (χ3v) is 4.53. The summed E-state index contributed by atoms with van der Waals surface area (Å²) in [6.07, 6.45) is 2.18. The predicted molar refractivity (Wildman–Crippen MR) is 83.5 cm³/mol. The van der Waals surface area contributed by atoms with E-state index in [1.165, 1.54) is 21.0 Å². The van der Waals surface area contributed by atoms with Crippen LogP contribution in [0.25, 0.3) is 0 Å². The fourth-order valence-electron chi connectivity index (χ4n) is 2.47. The van der Waals surface area contributed by atoms with E-state index in [-0.39, 0.29) is 5.91 Å². The van der Waals surface area contributed by atoms with Crippen molar-refractivity contribution < 1.29 is 4.79 Å². The van der Waals surface area contributed by atoms with Crippen molar-refractivity contribution >= 4 is 22.9 Å². The lowest BCUT2D eigenvalue weighted by molar-refractivity contribution is 0.0951. The third kappa shape index (κ3) is 2.85. The van der Waals surface area contributed by atoms with E-state index < -0.39 is 0 Å². The van der Waals surface area contributed by atoms with Gasteiger partial charge in [-0.3, -0.25) is 4.79 Å². The van der Waals surface area contributed by atoms with Gasteiger partial charge in [0.25, 0.3) is 5.91 Å². The minimum absolute atomic E-state index is 0.00410. The molecule has 20 heavy (non-hydrogen) atoms. The Morgan fingerprint density at radius 3 is 3.05 bits per heavy atom. The molecule has 1 amide bonds. The third-order valence-electron chi connectivity index (χ3n) is 3.52. The maximum absolute atomic E-state index is 12.2. The molecule has 0 unspecified atom stereocenters. The lowest BCUT2D eigenvalue weighted by atomic mass is 10.0. The minimum Gasteiger partial charge on any atom is -0.385 e. The number of rotatable bonds is 3. The van der Waals surface area contributed by atoms with Crippen LogP contribution >= 0.6 is 11.3 Å². The fraction of sp³-hybridized carbons (Fsp3) is 0.312. The van der Waals surface area contributed by atoms with E-state index in [4.69, 9.17) is 0 Å². The number of carbonyl (C=O) groups is 1. The highest BCUT2D eigenvalue weighted by molar-refractivity contribution is 7.11. The average Bonchev–Trinajstić information content (AvgIpc) is 2.90. The number of hydrogen-bond donors (Lipinski definition) is 2. The first-order valence-corrected chi connectivity index (χ1v) is 7.74. The standard InChI is InChI=1S/C16H18N2OS/c1-11-4-6-14(20-11)10-18-16(19)13-5-7-15-12(9-13)3-2-8-17-15/h4-7,9,17H,2-3,8,10H2,1H3,(H,18,19). The molecule has 0 radical (unpaired) electrons. The number of fused-ring (bicyclic) bond motifs is 1. The monoisotopic (exact) mass is 286 g/mol. The van der Waals surface area contributed by atoms with Gasteiger partial charge in [0.1, 0.15) is 0 Å². The van der Waals surface area contributed by atoms with Crippen molar-refractivity contribution in [2.45, 2.75) is 26.3 Å². The molecule has 3 rings (SSSR count). The number of anilines is 1. The zero-order valence-electron chi connectivity index (χ0n) is 11.5. The molecule has 0 atom stereocenters. The van der Waals surface area contributed by atoms with Gasteiger partial charge in [-0.2, -0.15) is 0 Å². The van der Waals surface area contributed by atoms with Crippen molar-refractivity contribution in [3.8, 4) is 0 Å². The van der Waals surface area contributed by atoms with E-state index in [2.05, 4.69) is 29.7 Å². The lowest BCUT2D eigenvalue weighted by Crippen LogP contribution is -2.23. The molecule has 0 saturated carbocycles. The van der Waals surface area contributed by atoms with E-state index >= 15 is 0 Å². The van der Waals surface area contributed by atoms with Gasteiger partial charge in [0, 0.05) is 27.5 Å². The van der Waals surface area contributed by atoms with Crippen molar-refractivity contribution in [3.63, 3.8) is 0 Å². The molecule has 1 aromatic carbocycles. The van der Waals surface area contributed by atoms with Crippen LogP contribution in [0.5, 0.6) is 0 Å². The number of hydrogen-bond acceptors (Lipinski definition) is 3. The summed E-state index contributed by atoms with van der Waals surface area (Å²) in [5.74, 6) is 0.00410. The maximum atomic E-state index is 12.2. The zero-order valence-corrected chi connectivity index (χ0v) is 12.3. The van der Waals surface area contributed by atoms with Crippen LogP contribution in [0.1, 0.15) is 32.1 Å².